The zero-order valence-electron chi connectivity index (χ0n) is 23.8. The summed E-state index contributed by atoms with van der Waals surface area (Å²) in [5, 5.41) is 13.0. The molecule has 0 fully saturated rings. The number of aliphatic hydroxyl groups excluding tert-OH is 1. The van der Waals surface area contributed by atoms with E-state index in [1.54, 1.807) is 12.1 Å². The number of halogens is 3. The first-order valence-electron chi connectivity index (χ1n) is 14.2. The van der Waals surface area contributed by atoms with Crippen LogP contribution in [0.2, 0.25) is 10.0 Å². The van der Waals surface area contributed by atoms with Gasteiger partial charge in [-0.15, -0.1) is 0 Å². The van der Waals surface area contributed by atoms with E-state index in [-0.39, 0.29) is 25.5 Å². The summed E-state index contributed by atoms with van der Waals surface area (Å²) >= 11 is 16.0. The lowest BCUT2D eigenvalue weighted by molar-refractivity contribution is -0.129. The lowest BCUT2D eigenvalue weighted by Gasteiger charge is -2.30. The number of aliphatic imine (C=N–C) groups is 1. The molecule has 0 bridgehead atoms. The van der Waals surface area contributed by atoms with Gasteiger partial charge in [-0.05, 0) is 53.6 Å². The standard InChI is InChI=1S/C35H31BrCl2N2O4/c36-29-12-5-4-11-28(29)32-35(19-6-10-24-8-2-1-3-9-24,34(42)39-23-25-13-18-30(37)31(38)22-25)40-33(44-32)26-14-16-27(17-15-26)43-21-7-20-41/h1-6,8-18,22,32,41H,7,19-21,23H2,(H,39,42)/b10-6+/t32-,35-/m1/s1. The van der Waals surface area contributed by atoms with Crippen LogP contribution in [-0.2, 0) is 16.1 Å². The molecule has 0 radical (unpaired) electrons. The zero-order chi connectivity index (χ0) is 30.9. The number of hydrogen-bond donors (Lipinski definition) is 2. The Labute approximate surface area is 275 Å². The third-order valence-corrected chi connectivity index (χ3v) is 8.65. The molecule has 4 aromatic carbocycles. The number of nitrogens with one attached hydrogen (secondary N) is 1. The van der Waals surface area contributed by atoms with E-state index in [1.165, 1.54) is 0 Å². The Morgan fingerprint density at radius 3 is 2.48 bits per heavy atom. The molecule has 0 saturated carbocycles. The molecule has 1 amide bonds. The molecule has 2 atom stereocenters. The Morgan fingerprint density at radius 1 is 1.00 bits per heavy atom. The topological polar surface area (TPSA) is 80.2 Å². The van der Waals surface area contributed by atoms with Crippen molar-refractivity contribution in [2.75, 3.05) is 13.2 Å². The molecule has 5 rings (SSSR count). The van der Waals surface area contributed by atoms with Gasteiger partial charge in [0.15, 0.2) is 11.6 Å². The van der Waals surface area contributed by atoms with Crippen molar-refractivity contribution >= 4 is 57.0 Å². The van der Waals surface area contributed by atoms with Crippen LogP contribution in [0.3, 0.4) is 0 Å². The van der Waals surface area contributed by atoms with Crippen molar-refractivity contribution in [3.63, 3.8) is 0 Å². The molecule has 0 saturated heterocycles. The summed E-state index contributed by atoms with van der Waals surface area (Å²) in [5.41, 5.74) is 1.99. The molecule has 44 heavy (non-hydrogen) atoms. The Bertz CT molecular complexity index is 1650. The highest BCUT2D eigenvalue weighted by Gasteiger charge is 2.53. The molecule has 0 aromatic heterocycles. The van der Waals surface area contributed by atoms with E-state index in [4.69, 9.17) is 42.8 Å². The predicted molar refractivity (Wildman–Crippen MR) is 179 cm³/mol. The largest absolute Gasteiger partial charge is 0.494 e. The van der Waals surface area contributed by atoms with Gasteiger partial charge in [-0.3, -0.25) is 4.79 Å². The molecule has 0 spiro atoms. The fourth-order valence-corrected chi connectivity index (χ4v) is 5.72. The second-order valence-electron chi connectivity index (χ2n) is 10.3. The van der Waals surface area contributed by atoms with E-state index in [0.29, 0.717) is 40.3 Å². The van der Waals surface area contributed by atoms with Gasteiger partial charge >= 0.3 is 0 Å². The monoisotopic (exact) mass is 692 g/mol. The molecule has 6 nitrogen and oxygen atoms in total. The highest BCUT2D eigenvalue weighted by atomic mass is 79.9. The molecule has 0 aliphatic carbocycles. The summed E-state index contributed by atoms with van der Waals surface area (Å²) in [6.45, 7) is 0.702. The van der Waals surface area contributed by atoms with Gasteiger partial charge in [0, 0.05) is 41.6 Å². The maximum atomic E-state index is 14.4. The van der Waals surface area contributed by atoms with Gasteiger partial charge in [-0.25, -0.2) is 4.99 Å². The highest BCUT2D eigenvalue weighted by molar-refractivity contribution is 9.10. The van der Waals surface area contributed by atoms with Gasteiger partial charge in [0.05, 0.1) is 16.7 Å². The Balaban J connectivity index is 1.53. The van der Waals surface area contributed by atoms with Crippen molar-refractivity contribution in [2.24, 2.45) is 4.99 Å². The van der Waals surface area contributed by atoms with E-state index < -0.39 is 11.6 Å². The van der Waals surface area contributed by atoms with Crippen LogP contribution in [0.1, 0.15) is 41.2 Å². The third kappa shape index (κ3) is 7.53. The number of amides is 1. The lowest BCUT2D eigenvalue weighted by atomic mass is 9.84. The van der Waals surface area contributed by atoms with Gasteiger partial charge in [-0.2, -0.15) is 0 Å². The zero-order valence-corrected chi connectivity index (χ0v) is 26.9. The summed E-state index contributed by atoms with van der Waals surface area (Å²) in [6.07, 6.45) is 4.03. The van der Waals surface area contributed by atoms with Crippen LogP contribution in [-0.4, -0.2) is 35.7 Å². The number of rotatable bonds is 12. The maximum absolute atomic E-state index is 14.4. The fraction of sp³-hybridized carbons (Fsp3) is 0.200. The van der Waals surface area contributed by atoms with Crippen molar-refractivity contribution in [2.45, 2.75) is 31.0 Å². The molecule has 226 valence electrons. The van der Waals surface area contributed by atoms with Crippen molar-refractivity contribution in [1.82, 2.24) is 5.32 Å². The van der Waals surface area contributed by atoms with E-state index in [2.05, 4.69) is 21.2 Å². The third-order valence-electron chi connectivity index (χ3n) is 7.19. The number of carbonyl (C=O) groups is 1. The first kappa shape index (κ1) is 31.8. The van der Waals surface area contributed by atoms with Crippen LogP contribution in [0.4, 0.5) is 0 Å². The highest BCUT2D eigenvalue weighted by Crippen LogP contribution is 2.45. The van der Waals surface area contributed by atoms with Gasteiger partial charge in [0.2, 0.25) is 5.90 Å². The summed E-state index contributed by atoms with van der Waals surface area (Å²) in [7, 11) is 0. The minimum absolute atomic E-state index is 0.0626. The molecule has 4 aromatic rings. The summed E-state index contributed by atoms with van der Waals surface area (Å²) in [4.78, 5) is 19.4. The number of ether oxygens (including phenoxy) is 2. The summed E-state index contributed by atoms with van der Waals surface area (Å²) < 4.78 is 13.1. The molecule has 2 N–H and O–H groups in total. The number of nitrogens with zero attached hydrogens (tertiary/aromatic N) is 1. The van der Waals surface area contributed by atoms with Crippen molar-refractivity contribution < 1.29 is 19.4 Å². The molecule has 1 aliphatic heterocycles. The molecule has 1 heterocycles. The van der Waals surface area contributed by atoms with Gasteiger partial charge in [-0.1, -0.05) is 106 Å². The van der Waals surface area contributed by atoms with Crippen molar-refractivity contribution in [1.29, 1.82) is 0 Å². The quantitative estimate of drug-likeness (QED) is 0.147. The molecule has 0 unspecified atom stereocenters. The number of benzene rings is 4. The van der Waals surface area contributed by atoms with Crippen LogP contribution in [0.5, 0.6) is 5.75 Å². The molecular formula is C35H31BrCl2N2O4. The molecule has 1 aliphatic rings. The lowest BCUT2D eigenvalue weighted by Crippen LogP contribution is -2.47. The van der Waals surface area contributed by atoms with E-state index in [0.717, 1.165) is 21.2 Å². The van der Waals surface area contributed by atoms with E-state index in [9.17, 15) is 4.79 Å². The van der Waals surface area contributed by atoms with Crippen molar-refractivity contribution in [3.8, 4) is 5.75 Å². The summed E-state index contributed by atoms with van der Waals surface area (Å²) in [6, 6.07) is 30.2. The van der Waals surface area contributed by atoms with Crippen LogP contribution in [0.15, 0.2) is 113 Å². The average Bonchev–Trinajstić information content (AvgIpc) is 3.43. The molecule has 9 heteroatoms. The van der Waals surface area contributed by atoms with Gasteiger partial charge in [0.1, 0.15) is 5.75 Å². The first-order chi connectivity index (χ1) is 21.4. The summed E-state index contributed by atoms with van der Waals surface area (Å²) in [5.74, 6) is 0.728. The second-order valence-corrected chi connectivity index (χ2v) is 11.9. The Hall–Kier alpha value is -3.62. The van der Waals surface area contributed by atoms with Crippen molar-refractivity contribution in [3.05, 3.63) is 140 Å². The maximum Gasteiger partial charge on any atom is 0.252 e. The SMILES string of the molecule is O=C(NCc1ccc(Cl)c(Cl)c1)[C@]1(C/C=C/c2ccccc2)N=C(c2ccc(OCCCO)cc2)O[C@@H]1c1ccccc1Br. The average molecular weight is 694 g/mol. The normalized spacial score (nSPS) is 17.7. The van der Waals surface area contributed by atoms with Gasteiger partial charge < -0.3 is 19.9 Å². The minimum atomic E-state index is -1.34. The van der Waals surface area contributed by atoms with Crippen LogP contribution >= 0.6 is 39.1 Å². The van der Waals surface area contributed by atoms with Crippen LogP contribution in [0.25, 0.3) is 6.08 Å². The minimum Gasteiger partial charge on any atom is -0.494 e. The predicted octanol–water partition coefficient (Wildman–Crippen LogP) is 8.19. The molecular weight excluding hydrogens is 663 g/mol. The Kier molecular flexibility index (Phi) is 10.8. The van der Waals surface area contributed by atoms with Crippen LogP contribution in [0, 0.1) is 0 Å². The van der Waals surface area contributed by atoms with Gasteiger partial charge in [0.25, 0.3) is 5.91 Å². The first-order valence-corrected chi connectivity index (χ1v) is 15.7. The van der Waals surface area contributed by atoms with Crippen LogP contribution < -0.4 is 10.1 Å². The Morgan fingerprint density at radius 2 is 1.75 bits per heavy atom. The number of hydrogen-bond acceptors (Lipinski definition) is 5. The van der Waals surface area contributed by atoms with E-state index in [1.807, 2.05) is 97.1 Å². The van der Waals surface area contributed by atoms with E-state index >= 15 is 0 Å². The number of aliphatic hydroxyl groups is 1. The second kappa shape index (κ2) is 14.9. The fourth-order valence-electron chi connectivity index (χ4n) is 4.90. The smallest absolute Gasteiger partial charge is 0.252 e. The number of carbonyl (C=O) groups excluding carboxylic acids is 1.